The van der Waals surface area contributed by atoms with Crippen molar-refractivity contribution in [2.24, 2.45) is 0 Å². The molecule has 0 aliphatic carbocycles. The second-order valence-corrected chi connectivity index (χ2v) is 5.16. The van der Waals surface area contributed by atoms with E-state index in [9.17, 15) is 4.79 Å². The molecule has 0 aromatic carbocycles. The molecule has 0 saturated carbocycles. The Labute approximate surface area is 106 Å². The zero-order chi connectivity index (χ0) is 12.3. The van der Waals surface area contributed by atoms with Crippen molar-refractivity contribution in [3.63, 3.8) is 0 Å². The highest BCUT2D eigenvalue weighted by Crippen LogP contribution is 2.25. The number of aromatic nitrogens is 2. The Hall–Kier alpha value is -1.34. The lowest BCUT2D eigenvalue weighted by molar-refractivity contribution is 0.0661. The van der Waals surface area contributed by atoms with E-state index in [1.165, 1.54) is 29.4 Å². The molecule has 0 radical (unpaired) electrons. The number of hydrogen-bond acceptors (Lipinski definition) is 6. The Morgan fingerprint density at radius 3 is 3.00 bits per heavy atom. The number of nitrogens with zero attached hydrogens (tertiary/aromatic N) is 2. The van der Waals surface area contributed by atoms with Crippen LogP contribution in [0.4, 0.5) is 0 Å². The molecule has 0 amide bonds. The predicted molar refractivity (Wildman–Crippen MR) is 64.5 cm³/mol. The van der Waals surface area contributed by atoms with E-state index < -0.39 is 5.97 Å². The van der Waals surface area contributed by atoms with E-state index in [2.05, 4.69) is 9.36 Å². The first kappa shape index (κ1) is 12.1. The maximum Gasteiger partial charge on any atom is 0.371 e. The lowest BCUT2D eigenvalue weighted by atomic mass is 10.4. The normalized spacial score (nSPS) is 10.6. The molecule has 0 aliphatic rings. The SMILES string of the molecule is CCc1nsc(SCc2ccc(C(=O)O)o2)n1. The van der Waals surface area contributed by atoms with Crippen molar-refractivity contribution in [2.45, 2.75) is 23.4 Å². The Kier molecular flexibility index (Phi) is 3.80. The van der Waals surface area contributed by atoms with Gasteiger partial charge >= 0.3 is 5.97 Å². The van der Waals surface area contributed by atoms with E-state index >= 15 is 0 Å². The summed E-state index contributed by atoms with van der Waals surface area (Å²) in [7, 11) is 0. The van der Waals surface area contributed by atoms with E-state index in [1.54, 1.807) is 6.07 Å². The third kappa shape index (κ3) is 3.07. The van der Waals surface area contributed by atoms with Crippen LogP contribution in [0.25, 0.3) is 0 Å². The third-order valence-corrected chi connectivity index (χ3v) is 3.87. The van der Waals surface area contributed by atoms with Gasteiger partial charge in [0.05, 0.1) is 5.75 Å². The zero-order valence-corrected chi connectivity index (χ0v) is 10.7. The van der Waals surface area contributed by atoms with Crippen LogP contribution in [-0.4, -0.2) is 20.4 Å². The van der Waals surface area contributed by atoms with E-state index in [0.29, 0.717) is 11.5 Å². The highest BCUT2D eigenvalue weighted by molar-refractivity contribution is 8.00. The largest absolute Gasteiger partial charge is 0.475 e. The van der Waals surface area contributed by atoms with Gasteiger partial charge in [0.1, 0.15) is 11.6 Å². The minimum absolute atomic E-state index is 0.0351. The van der Waals surface area contributed by atoms with Crippen LogP contribution < -0.4 is 0 Å². The summed E-state index contributed by atoms with van der Waals surface area (Å²) in [5.41, 5.74) is 0. The van der Waals surface area contributed by atoms with Crippen LogP contribution in [0, 0.1) is 0 Å². The summed E-state index contributed by atoms with van der Waals surface area (Å²) < 4.78 is 10.2. The third-order valence-electron chi connectivity index (χ3n) is 1.98. The summed E-state index contributed by atoms with van der Waals surface area (Å²) in [6, 6.07) is 3.12. The monoisotopic (exact) mass is 270 g/mol. The van der Waals surface area contributed by atoms with Crippen molar-refractivity contribution in [1.29, 1.82) is 0 Å². The Bertz CT molecular complexity index is 521. The minimum atomic E-state index is -1.05. The predicted octanol–water partition coefficient (Wildman–Crippen LogP) is 2.68. The van der Waals surface area contributed by atoms with Crippen molar-refractivity contribution in [3.05, 3.63) is 29.5 Å². The zero-order valence-electron chi connectivity index (χ0n) is 9.04. The maximum absolute atomic E-state index is 10.6. The van der Waals surface area contributed by atoms with Crippen molar-refractivity contribution >= 4 is 29.3 Å². The highest BCUT2D eigenvalue weighted by Gasteiger charge is 2.10. The van der Waals surface area contributed by atoms with Gasteiger partial charge in [0.2, 0.25) is 5.76 Å². The number of carbonyl (C=O) groups is 1. The van der Waals surface area contributed by atoms with Crippen LogP contribution in [0.3, 0.4) is 0 Å². The summed E-state index contributed by atoms with van der Waals surface area (Å²) in [5.74, 6) is 0.937. The lowest BCUT2D eigenvalue weighted by Crippen LogP contribution is -1.91. The smallest absolute Gasteiger partial charge is 0.371 e. The summed E-state index contributed by atoms with van der Waals surface area (Å²) in [5, 5.41) is 8.70. The number of thioether (sulfide) groups is 1. The molecule has 2 rings (SSSR count). The van der Waals surface area contributed by atoms with Gasteiger partial charge < -0.3 is 9.52 Å². The summed E-state index contributed by atoms with van der Waals surface area (Å²) in [6.07, 6.45) is 0.820. The molecule has 0 saturated heterocycles. The van der Waals surface area contributed by atoms with Crippen molar-refractivity contribution < 1.29 is 14.3 Å². The average Bonchev–Trinajstić information content (AvgIpc) is 2.95. The summed E-state index contributed by atoms with van der Waals surface area (Å²) in [4.78, 5) is 14.9. The molecule has 0 unspecified atom stereocenters. The van der Waals surface area contributed by atoms with Crippen molar-refractivity contribution in [3.8, 4) is 0 Å². The maximum atomic E-state index is 10.6. The topological polar surface area (TPSA) is 76.2 Å². The van der Waals surface area contributed by atoms with Gasteiger partial charge in [0.25, 0.3) is 0 Å². The molecule has 2 aromatic heterocycles. The van der Waals surface area contributed by atoms with E-state index in [4.69, 9.17) is 9.52 Å². The fourth-order valence-corrected chi connectivity index (χ4v) is 2.73. The molecule has 5 nitrogen and oxygen atoms in total. The number of carboxylic acids is 1. The molecule has 0 aliphatic heterocycles. The van der Waals surface area contributed by atoms with Crippen LogP contribution in [0.2, 0.25) is 0 Å². The molecule has 1 N–H and O–H groups in total. The van der Waals surface area contributed by atoms with Crippen LogP contribution in [-0.2, 0) is 12.2 Å². The number of aryl methyl sites for hydroxylation is 1. The summed E-state index contributed by atoms with van der Waals surface area (Å²) in [6.45, 7) is 2.00. The number of carboxylic acid groups (broad SMARTS) is 1. The highest BCUT2D eigenvalue weighted by atomic mass is 32.2. The van der Waals surface area contributed by atoms with Crippen LogP contribution in [0.5, 0.6) is 0 Å². The molecule has 2 aromatic rings. The Balaban J connectivity index is 1.94. The second-order valence-electron chi connectivity index (χ2n) is 3.19. The molecule has 90 valence electrons. The minimum Gasteiger partial charge on any atom is -0.475 e. The fraction of sp³-hybridized carbons (Fsp3) is 0.300. The molecule has 2 heterocycles. The average molecular weight is 270 g/mol. The molecular weight excluding hydrogens is 260 g/mol. The first-order valence-electron chi connectivity index (χ1n) is 4.96. The summed E-state index contributed by atoms with van der Waals surface area (Å²) >= 11 is 2.84. The van der Waals surface area contributed by atoms with Gasteiger partial charge in [-0.2, -0.15) is 4.37 Å². The number of hydrogen-bond donors (Lipinski definition) is 1. The van der Waals surface area contributed by atoms with Gasteiger partial charge in [-0.1, -0.05) is 18.7 Å². The lowest BCUT2D eigenvalue weighted by Gasteiger charge is -1.92. The van der Waals surface area contributed by atoms with E-state index in [-0.39, 0.29) is 5.76 Å². The fourth-order valence-electron chi connectivity index (χ4n) is 1.14. The van der Waals surface area contributed by atoms with E-state index in [1.807, 2.05) is 6.92 Å². The van der Waals surface area contributed by atoms with Gasteiger partial charge in [0, 0.05) is 6.42 Å². The molecule has 7 heteroatoms. The first-order chi connectivity index (χ1) is 8.19. The number of aromatic carboxylic acids is 1. The van der Waals surface area contributed by atoms with Crippen molar-refractivity contribution in [1.82, 2.24) is 9.36 Å². The first-order valence-corrected chi connectivity index (χ1v) is 6.72. The van der Waals surface area contributed by atoms with Crippen molar-refractivity contribution in [2.75, 3.05) is 0 Å². The standard InChI is InChI=1S/C10H10N2O3S2/c1-2-8-11-10(17-12-8)16-5-6-3-4-7(15-6)9(13)14/h3-4H,2,5H2,1H3,(H,13,14). The second kappa shape index (κ2) is 5.33. The quantitative estimate of drug-likeness (QED) is 0.842. The van der Waals surface area contributed by atoms with Gasteiger partial charge in [-0.25, -0.2) is 9.78 Å². The van der Waals surface area contributed by atoms with Gasteiger partial charge in [0.15, 0.2) is 4.34 Å². The van der Waals surface area contributed by atoms with Crippen LogP contribution in [0.15, 0.2) is 20.9 Å². The molecule has 0 bridgehead atoms. The Morgan fingerprint density at radius 2 is 2.41 bits per heavy atom. The molecular formula is C10H10N2O3S2. The van der Waals surface area contributed by atoms with E-state index in [0.717, 1.165) is 16.6 Å². The molecule has 17 heavy (non-hydrogen) atoms. The van der Waals surface area contributed by atoms with Crippen LogP contribution in [0.1, 0.15) is 29.1 Å². The Morgan fingerprint density at radius 1 is 1.59 bits per heavy atom. The number of rotatable bonds is 5. The van der Waals surface area contributed by atoms with Gasteiger partial charge in [-0.05, 0) is 23.7 Å². The van der Waals surface area contributed by atoms with Crippen LogP contribution >= 0.6 is 23.3 Å². The van der Waals surface area contributed by atoms with Gasteiger partial charge in [-0.15, -0.1) is 0 Å². The molecule has 0 atom stereocenters. The number of furan rings is 1. The van der Waals surface area contributed by atoms with Gasteiger partial charge in [-0.3, -0.25) is 0 Å². The molecule has 0 fully saturated rings. The molecule has 0 spiro atoms.